The van der Waals surface area contributed by atoms with Gasteiger partial charge in [-0.05, 0) is 43.1 Å². The number of thioether (sulfide) groups is 1. The van der Waals surface area contributed by atoms with Gasteiger partial charge in [0.15, 0.2) is 0 Å². The molecule has 0 aliphatic carbocycles. The van der Waals surface area contributed by atoms with Crippen LogP contribution in [0.1, 0.15) is 25.7 Å². The van der Waals surface area contributed by atoms with Crippen molar-refractivity contribution in [2.45, 2.75) is 31.7 Å². The predicted molar refractivity (Wildman–Crippen MR) is 54.3 cm³/mol. The average Bonchev–Trinajstić information content (AvgIpc) is 2.15. The van der Waals surface area contributed by atoms with Gasteiger partial charge >= 0.3 is 0 Å². The topological polar surface area (TPSA) is 46.2 Å². The van der Waals surface area contributed by atoms with Crippen molar-refractivity contribution in [3.63, 3.8) is 0 Å². The molecule has 2 unspecified atom stereocenters. The average molecular weight is 189 g/mol. The molecule has 0 amide bonds. The molecule has 1 aliphatic heterocycles. The third-order valence-corrected chi connectivity index (χ3v) is 3.74. The Morgan fingerprint density at radius 3 is 3.00 bits per heavy atom. The quantitative estimate of drug-likeness (QED) is 0.699. The Labute approximate surface area is 78.9 Å². The lowest BCUT2D eigenvalue weighted by atomic mass is 9.94. The molecule has 0 aromatic rings. The standard InChI is InChI=1S/C9H19NOS/c10-9(4-1-5-11)8-3-2-6-12-7-8/h8-9,11H,1-7,10H2. The summed E-state index contributed by atoms with van der Waals surface area (Å²) in [6.45, 7) is 0.285. The first kappa shape index (κ1) is 10.4. The molecule has 2 nitrogen and oxygen atoms in total. The van der Waals surface area contributed by atoms with E-state index < -0.39 is 0 Å². The number of hydrogen-bond donors (Lipinski definition) is 2. The summed E-state index contributed by atoms with van der Waals surface area (Å²) in [7, 11) is 0. The molecule has 0 radical (unpaired) electrons. The van der Waals surface area contributed by atoms with Crippen molar-refractivity contribution in [1.29, 1.82) is 0 Å². The highest BCUT2D eigenvalue weighted by Crippen LogP contribution is 2.25. The Hall–Kier alpha value is 0.270. The summed E-state index contributed by atoms with van der Waals surface area (Å²) in [6.07, 6.45) is 4.46. The molecule has 2 atom stereocenters. The largest absolute Gasteiger partial charge is 0.396 e. The second-order valence-corrected chi connectivity index (χ2v) is 4.66. The molecule has 12 heavy (non-hydrogen) atoms. The Kier molecular flexibility index (Phi) is 5.04. The molecule has 0 saturated carbocycles. The molecule has 0 aromatic carbocycles. The van der Waals surface area contributed by atoms with Crippen LogP contribution < -0.4 is 5.73 Å². The second-order valence-electron chi connectivity index (χ2n) is 3.51. The Morgan fingerprint density at radius 1 is 1.58 bits per heavy atom. The van der Waals surface area contributed by atoms with E-state index in [9.17, 15) is 0 Å². The lowest BCUT2D eigenvalue weighted by molar-refractivity contribution is 0.269. The van der Waals surface area contributed by atoms with E-state index in [1.54, 1.807) is 0 Å². The summed E-state index contributed by atoms with van der Waals surface area (Å²) in [5.41, 5.74) is 6.01. The van der Waals surface area contributed by atoms with E-state index in [1.807, 2.05) is 11.8 Å². The van der Waals surface area contributed by atoms with Gasteiger partial charge in [0, 0.05) is 12.6 Å². The van der Waals surface area contributed by atoms with Crippen molar-refractivity contribution in [3.05, 3.63) is 0 Å². The molecular formula is C9H19NOS. The second kappa shape index (κ2) is 5.84. The van der Waals surface area contributed by atoms with Crippen LogP contribution in [0, 0.1) is 5.92 Å². The van der Waals surface area contributed by atoms with E-state index >= 15 is 0 Å². The van der Waals surface area contributed by atoms with Gasteiger partial charge in [0.05, 0.1) is 0 Å². The summed E-state index contributed by atoms with van der Waals surface area (Å²) in [4.78, 5) is 0. The number of aliphatic hydroxyl groups is 1. The Morgan fingerprint density at radius 2 is 2.42 bits per heavy atom. The maximum absolute atomic E-state index is 8.65. The number of hydrogen-bond acceptors (Lipinski definition) is 3. The highest BCUT2D eigenvalue weighted by Gasteiger charge is 2.19. The fraction of sp³-hybridized carbons (Fsp3) is 1.00. The molecule has 3 N–H and O–H groups in total. The van der Waals surface area contributed by atoms with Crippen LogP contribution in [0.4, 0.5) is 0 Å². The zero-order chi connectivity index (χ0) is 8.81. The van der Waals surface area contributed by atoms with Crippen LogP contribution in [0.15, 0.2) is 0 Å². The van der Waals surface area contributed by atoms with Gasteiger partial charge in [0.25, 0.3) is 0 Å². The molecule has 1 saturated heterocycles. The van der Waals surface area contributed by atoms with E-state index in [0.29, 0.717) is 12.0 Å². The van der Waals surface area contributed by atoms with Crippen LogP contribution in [-0.4, -0.2) is 29.3 Å². The van der Waals surface area contributed by atoms with E-state index in [1.165, 1.54) is 24.3 Å². The third-order valence-electron chi connectivity index (χ3n) is 2.50. The smallest absolute Gasteiger partial charge is 0.0431 e. The van der Waals surface area contributed by atoms with E-state index in [0.717, 1.165) is 12.8 Å². The zero-order valence-electron chi connectivity index (χ0n) is 7.54. The van der Waals surface area contributed by atoms with Crippen LogP contribution in [0.5, 0.6) is 0 Å². The fourth-order valence-electron chi connectivity index (χ4n) is 1.67. The van der Waals surface area contributed by atoms with E-state index in [2.05, 4.69) is 0 Å². The number of rotatable bonds is 4. The molecule has 72 valence electrons. The Bertz CT molecular complexity index is 115. The van der Waals surface area contributed by atoms with E-state index in [4.69, 9.17) is 10.8 Å². The molecule has 1 rings (SSSR count). The van der Waals surface area contributed by atoms with E-state index in [-0.39, 0.29) is 6.61 Å². The summed E-state index contributed by atoms with van der Waals surface area (Å²) in [5.74, 6) is 3.24. The van der Waals surface area contributed by atoms with Crippen molar-refractivity contribution >= 4 is 11.8 Å². The maximum atomic E-state index is 8.65. The van der Waals surface area contributed by atoms with Crippen LogP contribution in [-0.2, 0) is 0 Å². The van der Waals surface area contributed by atoms with Crippen LogP contribution in [0.2, 0.25) is 0 Å². The van der Waals surface area contributed by atoms with Crippen LogP contribution >= 0.6 is 11.8 Å². The van der Waals surface area contributed by atoms with Gasteiger partial charge in [-0.1, -0.05) is 0 Å². The summed E-state index contributed by atoms with van der Waals surface area (Å²) >= 11 is 2.02. The number of nitrogens with two attached hydrogens (primary N) is 1. The highest BCUT2D eigenvalue weighted by atomic mass is 32.2. The molecule has 1 heterocycles. The van der Waals surface area contributed by atoms with Crippen molar-refractivity contribution in [2.24, 2.45) is 11.7 Å². The minimum Gasteiger partial charge on any atom is -0.396 e. The van der Waals surface area contributed by atoms with Crippen LogP contribution in [0.25, 0.3) is 0 Å². The SMILES string of the molecule is NC(CCCO)C1CCCSC1. The summed E-state index contributed by atoms with van der Waals surface area (Å²) < 4.78 is 0. The Balaban J connectivity index is 2.15. The minimum atomic E-state index is 0.285. The molecular weight excluding hydrogens is 170 g/mol. The van der Waals surface area contributed by atoms with Gasteiger partial charge < -0.3 is 10.8 Å². The van der Waals surface area contributed by atoms with Crippen molar-refractivity contribution in [1.82, 2.24) is 0 Å². The lowest BCUT2D eigenvalue weighted by Crippen LogP contribution is -2.33. The molecule has 1 aliphatic rings. The normalized spacial score (nSPS) is 27.0. The first-order valence-electron chi connectivity index (χ1n) is 4.78. The zero-order valence-corrected chi connectivity index (χ0v) is 8.35. The first-order valence-corrected chi connectivity index (χ1v) is 5.94. The van der Waals surface area contributed by atoms with Gasteiger partial charge in [0.1, 0.15) is 0 Å². The van der Waals surface area contributed by atoms with Crippen LogP contribution in [0.3, 0.4) is 0 Å². The summed E-state index contributed by atoms with van der Waals surface area (Å²) in [6, 6.07) is 0.324. The van der Waals surface area contributed by atoms with Gasteiger partial charge in [-0.3, -0.25) is 0 Å². The van der Waals surface area contributed by atoms with Crippen molar-refractivity contribution in [3.8, 4) is 0 Å². The molecule has 0 bridgehead atoms. The van der Waals surface area contributed by atoms with Gasteiger partial charge in [-0.25, -0.2) is 0 Å². The van der Waals surface area contributed by atoms with Gasteiger partial charge in [-0.2, -0.15) is 11.8 Å². The van der Waals surface area contributed by atoms with Gasteiger partial charge in [0.2, 0.25) is 0 Å². The lowest BCUT2D eigenvalue weighted by Gasteiger charge is -2.26. The maximum Gasteiger partial charge on any atom is 0.0431 e. The summed E-state index contributed by atoms with van der Waals surface area (Å²) in [5, 5.41) is 8.65. The monoisotopic (exact) mass is 189 g/mol. The predicted octanol–water partition coefficient (Wildman–Crippen LogP) is 1.23. The molecule has 0 spiro atoms. The highest BCUT2D eigenvalue weighted by molar-refractivity contribution is 7.99. The minimum absolute atomic E-state index is 0.285. The molecule has 1 fully saturated rings. The van der Waals surface area contributed by atoms with Crippen molar-refractivity contribution in [2.75, 3.05) is 18.1 Å². The fourth-order valence-corrected chi connectivity index (χ4v) is 2.92. The van der Waals surface area contributed by atoms with Crippen molar-refractivity contribution < 1.29 is 5.11 Å². The third kappa shape index (κ3) is 3.33. The molecule has 0 aromatic heterocycles. The number of aliphatic hydroxyl groups excluding tert-OH is 1. The van der Waals surface area contributed by atoms with Gasteiger partial charge in [-0.15, -0.1) is 0 Å². The first-order chi connectivity index (χ1) is 5.84. The molecule has 3 heteroatoms.